The van der Waals surface area contributed by atoms with Gasteiger partial charge >= 0.3 is 5.97 Å². The molecule has 2 atom stereocenters. The van der Waals surface area contributed by atoms with Gasteiger partial charge in [0, 0.05) is 26.2 Å². The number of hydrogen-bond acceptors (Lipinski definition) is 6. The number of nitrogens with zero attached hydrogens (tertiary/aromatic N) is 1. The first-order valence-corrected chi connectivity index (χ1v) is 5.43. The van der Waals surface area contributed by atoms with E-state index in [9.17, 15) is 14.7 Å². The summed E-state index contributed by atoms with van der Waals surface area (Å²) in [6.45, 7) is 3.03. The van der Waals surface area contributed by atoms with E-state index in [1.54, 1.807) is 4.90 Å². The molecule has 2 unspecified atom stereocenters. The van der Waals surface area contributed by atoms with Gasteiger partial charge in [0.1, 0.15) is 6.04 Å². The van der Waals surface area contributed by atoms with Crippen LogP contribution < -0.4 is 11.1 Å². The average Bonchev–Trinajstić information content (AvgIpc) is 2.27. The van der Waals surface area contributed by atoms with Crippen LogP contribution in [-0.4, -0.2) is 66.8 Å². The van der Waals surface area contributed by atoms with Crippen molar-refractivity contribution in [1.29, 1.82) is 0 Å². The van der Waals surface area contributed by atoms with Gasteiger partial charge in [0.15, 0.2) is 5.60 Å². The Morgan fingerprint density at radius 1 is 1.65 bits per heavy atom. The van der Waals surface area contributed by atoms with Crippen molar-refractivity contribution in [1.82, 2.24) is 10.2 Å². The van der Waals surface area contributed by atoms with Gasteiger partial charge < -0.3 is 20.9 Å². The average molecular weight is 245 g/mol. The topological polar surface area (TPSA) is 105 Å². The van der Waals surface area contributed by atoms with E-state index < -0.39 is 23.5 Å². The molecule has 98 valence electrons. The van der Waals surface area contributed by atoms with Gasteiger partial charge in [-0.1, -0.05) is 0 Å². The molecule has 17 heavy (non-hydrogen) atoms. The van der Waals surface area contributed by atoms with Crippen LogP contribution in [0.25, 0.3) is 0 Å². The molecule has 1 saturated heterocycles. The van der Waals surface area contributed by atoms with Crippen LogP contribution in [0.1, 0.15) is 6.92 Å². The first-order valence-electron chi connectivity index (χ1n) is 5.43. The number of aliphatic hydroxyl groups is 1. The summed E-state index contributed by atoms with van der Waals surface area (Å²) in [5, 5.41) is 13.0. The Bertz CT molecular complexity index is 306. The Morgan fingerprint density at radius 3 is 2.82 bits per heavy atom. The summed E-state index contributed by atoms with van der Waals surface area (Å²) in [6.07, 6.45) is 0. The lowest BCUT2D eigenvalue weighted by Crippen LogP contribution is -2.61. The highest BCUT2D eigenvalue weighted by atomic mass is 16.5. The largest absolute Gasteiger partial charge is 0.467 e. The zero-order chi connectivity index (χ0) is 13.1. The molecule has 1 rings (SSSR count). The molecule has 1 aliphatic rings. The minimum atomic E-state index is -1.64. The van der Waals surface area contributed by atoms with E-state index in [4.69, 9.17) is 5.73 Å². The molecule has 0 bridgehead atoms. The maximum Gasteiger partial charge on any atom is 0.338 e. The van der Waals surface area contributed by atoms with E-state index >= 15 is 0 Å². The first kappa shape index (κ1) is 13.9. The Kier molecular flexibility index (Phi) is 4.44. The highest BCUT2D eigenvalue weighted by molar-refractivity contribution is 5.81. The smallest absolute Gasteiger partial charge is 0.338 e. The number of ether oxygens (including phenoxy) is 1. The van der Waals surface area contributed by atoms with Crippen LogP contribution in [0.5, 0.6) is 0 Å². The second-order valence-corrected chi connectivity index (χ2v) is 4.36. The Labute approximate surface area is 99.9 Å². The summed E-state index contributed by atoms with van der Waals surface area (Å²) >= 11 is 0. The molecular weight excluding hydrogens is 226 g/mol. The van der Waals surface area contributed by atoms with E-state index in [0.717, 1.165) is 0 Å². The van der Waals surface area contributed by atoms with Crippen molar-refractivity contribution in [2.45, 2.75) is 18.6 Å². The zero-order valence-electron chi connectivity index (χ0n) is 10.1. The summed E-state index contributed by atoms with van der Waals surface area (Å²) in [7, 11) is 1.21. The van der Waals surface area contributed by atoms with Crippen LogP contribution in [0.3, 0.4) is 0 Å². The highest BCUT2D eigenvalue weighted by Crippen LogP contribution is 2.12. The number of carbonyl (C=O) groups excluding carboxylic acids is 2. The Balaban J connectivity index is 2.70. The maximum absolute atomic E-state index is 11.4. The van der Waals surface area contributed by atoms with Crippen molar-refractivity contribution >= 4 is 11.9 Å². The third kappa shape index (κ3) is 3.39. The second kappa shape index (κ2) is 5.44. The lowest BCUT2D eigenvalue weighted by atomic mass is 10.0. The molecule has 1 amide bonds. The van der Waals surface area contributed by atoms with E-state index in [2.05, 4.69) is 10.1 Å². The number of nitrogens with one attached hydrogen (secondary N) is 1. The maximum atomic E-state index is 11.4. The van der Waals surface area contributed by atoms with Gasteiger partial charge in [0.2, 0.25) is 5.91 Å². The van der Waals surface area contributed by atoms with Crippen molar-refractivity contribution < 1.29 is 19.4 Å². The molecule has 0 saturated carbocycles. The van der Waals surface area contributed by atoms with Crippen LogP contribution in [0.4, 0.5) is 0 Å². The number of carbonyl (C=O) groups is 2. The molecule has 0 radical (unpaired) electrons. The SMILES string of the molecule is COC(=O)C(C)(O)CN1CCNCC1C(N)=O. The molecule has 0 spiro atoms. The predicted molar refractivity (Wildman–Crippen MR) is 60.1 cm³/mol. The lowest BCUT2D eigenvalue weighted by Gasteiger charge is -2.37. The van der Waals surface area contributed by atoms with Crippen molar-refractivity contribution in [2.75, 3.05) is 33.3 Å². The number of β-amino-alcohol motifs (C(OH)–C–C–N with tert-alkyl or cyclic N) is 1. The zero-order valence-corrected chi connectivity index (χ0v) is 10.1. The van der Waals surface area contributed by atoms with Gasteiger partial charge in [0.25, 0.3) is 0 Å². The lowest BCUT2D eigenvalue weighted by molar-refractivity contribution is -0.163. The molecule has 1 heterocycles. The standard InChI is InChI=1S/C10H19N3O4/c1-10(16,9(15)17-2)6-13-4-3-12-5-7(13)8(11)14/h7,12,16H,3-6H2,1-2H3,(H2,11,14). The van der Waals surface area contributed by atoms with E-state index in [0.29, 0.717) is 19.6 Å². The number of esters is 1. The number of piperazine rings is 1. The highest BCUT2D eigenvalue weighted by Gasteiger charge is 2.38. The summed E-state index contributed by atoms with van der Waals surface area (Å²) in [4.78, 5) is 24.3. The van der Waals surface area contributed by atoms with Crippen LogP contribution >= 0.6 is 0 Å². The van der Waals surface area contributed by atoms with Gasteiger partial charge in [-0.05, 0) is 6.92 Å². The predicted octanol–water partition coefficient (Wildman–Crippen LogP) is -2.33. The van der Waals surface area contributed by atoms with Crippen LogP contribution in [0.15, 0.2) is 0 Å². The monoisotopic (exact) mass is 245 g/mol. The van der Waals surface area contributed by atoms with Gasteiger partial charge in [-0.3, -0.25) is 9.69 Å². The van der Waals surface area contributed by atoms with Crippen LogP contribution in [0, 0.1) is 0 Å². The minimum Gasteiger partial charge on any atom is -0.467 e. The number of methoxy groups -OCH3 is 1. The van der Waals surface area contributed by atoms with E-state index in [-0.39, 0.29) is 6.54 Å². The molecule has 1 aliphatic heterocycles. The Morgan fingerprint density at radius 2 is 2.29 bits per heavy atom. The summed E-state index contributed by atoms with van der Waals surface area (Å²) in [5.74, 6) is -1.20. The number of nitrogens with two attached hydrogens (primary N) is 1. The van der Waals surface area contributed by atoms with Gasteiger partial charge in [-0.2, -0.15) is 0 Å². The molecule has 4 N–H and O–H groups in total. The molecule has 0 aromatic carbocycles. The molecule has 0 aliphatic carbocycles. The van der Waals surface area contributed by atoms with Crippen molar-refractivity contribution in [3.05, 3.63) is 0 Å². The van der Waals surface area contributed by atoms with E-state index in [1.165, 1.54) is 14.0 Å². The summed E-state index contributed by atoms with van der Waals surface area (Å²) < 4.78 is 4.50. The summed E-state index contributed by atoms with van der Waals surface area (Å²) in [6, 6.07) is -0.514. The van der Waals surface area contributed by atoms with Crippen molar-refractivity contribution in [3.8, 4) is 0 Å². The molecule has 0 aromatic heterocycles. The van der Waals surface area contributed by atoms with Crippen LogP contribution in [-0.2, 0) is 14.3 Å². The third-order valence-corrected chi connectivity index (χ3v) is 2.82. The Hall–Kier alpha value is -1.18. The number of amides is 1. The fourth-order valence-corrected chi connectivity index (χ4v) is 1.90. The number of hydrogen-bond donors (Lipinski definition) is 3. The first-order chi connectivity index (χ1) is 7.88. The summed E-state index contributed by atoms with van der Waals surface area (Å²) in [5.41, 5.74) is 3.63. The fourth-order valence-electron chi connectivity index (χ4n) is 1.90. The van der Waals surface area contributed by atoms with Crippen molar-refractivity contribution in [2.24, 2.45) is 5.73 Å². The second-order valence-electron chi connectivity index (χ2n) is 4.36. The quantitative estimate of drug-likeness (QED) is 0.480. The van der Waals surface area contributed by atoms with Crippen LogP contribution in [0.2, 0.25) is 0 Å². The molecule has 1 fully saturated rings. The molecular formula is C10H19N3O4. The van der Waals surface area contributed by atoms with Crippen molar-refractivity contribution in [3.63, 3.8) is 0 Å². The normalized spacial score (nSPS) is 25.0. The van der Waals surface area contributed by atoms with Gasteiger partial charge in [-0.25, -0.2) is 4.79 Å². The molecule has 7 heteroatoms. The number of rotatable bonds is 4. The number of primary amides is 1. The van der Waals surface area contributed by atoms with E-state index in [1.807, 2.05) is 0 Å². The third-order valence-electron chi connectivity index (χ3n) is 2.82. The molecule has 7 nitrogen and oxygen atoms in total. The molecule has 0 aromatic rings. The fraction of sp³-hybridized carbons (Fsp3) is 0.800. The minimum absolute atomic E-state index is 0.0228. The van der Waals surface area contributed by atoms with Gasteiger partial charge in [0.05, 0.1) is 7.11 Å². The van der Waals surface area contributed by atoms with Gasteiger partial charge in [-0.15, -0.1) is 0 Å².